The highest BCUT2D eigenvalue weighted by atomic mass is 35.5. The summed E-state index contributed by atoms with van der Waals surface area (Å²) in [5.74, 6) is 0. The third-order valence-corrected chi connectivity index (χ3v) is 3.89. The van der Waals surface area contributed by atoms with E-state index in [9.17, 15) is 5.11 Å². The fourth-order valence-electron chi connectivity index (χ4n) is 2.10. The van der Waals surface area contributed by atoms with Gasteiger partial charge in [-0.1, -0.05) is 29.8 Å². The molecule has 1 aromatic carbocycles. The average Bonchev–Trinajstić information content (AvgIpc) is 2.46. The van der Waals surface area contributed by atoms with Gasteiger partial charge in [0.05, 0.1) is 29.7 Å². The van der Waals surface area contributed by atoms with Gasteiger partial charge in [0.15, 0.2) is 0 Å². The summed E-state index contributed by atoms with van der Waals surface area (Å²) in [4.78, 5) is 6.38. The molecule has 0 radical (unpaired) electrons. The molecule has 2 rings (SSSR count). The molecule has 0 bridgehead atoms. The van der Waals surface area contributed by atoms with E-state index in [2.05, 4.69) is 16.8 Å². The topological polar surface area (TPSA) is 36.4 Å². The van der Waals surface area contributed by atoms with Crippen LogP contribution in [0.4, 0.5) is 5.69 Å². The maximum atomic E-state index is 9.48. The molecule has 0 aliphatic carbocycles. The van der Waals surface area contributed by atoms with E-state index in [1.54, 1.807) is 13.1 Å². The van der Waals surface area contributed by atoms with Crippen molar-refractivity contribution in [1.82, 2.24) is 4.98 Å². The highest BCUT2D eigenvalue weighted by Gasteiger charge is 2.15. The van der Waals surface area contributed by atoms with Crippen LogP contribution in [0, 0.1) is 0 Å². The summed E-state index contributed by atoms with van der Waals surface area (Å²) in [5.41, 5.74) is 2.74. The summed E-state index contributed by atoms with van der Waals surface area (Å²) in [6, 6.07) is 11.8. The van der Waals surface area contributed by atoms with E-state index >= 15 is 0 Å². The smallest absolute Gasteiger partial charge is 0.0931 e. The van der Waals surface area contributed by atoms with Crippen molar-refractivity contribution in [3.63, 3.8) is 0 Å². The molecule has 0 fully saturated rings. The minimum atomic E-state index is -0.546. The summed E-state index contributed by atoms with van der Waals surface area (Å²) in [6.07, 6.45) is 1.23. The molecule has 0 aliphatic rings. The number of anilines is 1. The first-order valence-electron chi connectivity index (χ1n) is 6.62. The first-order valence-corrected chi connectivity index (χ1v) is 6.99. The molecule has 1 heterocycles. The minimum absolute atomic E-state index is 0.142. The number of aromatic nitrogens is 1. The Kier molecular flexibility index (Phi) is 4.63. The van der Waals surface area contributed by atoms with Crippen LogP contribution in [0.2, 0.25) is 5.02 Å². The number of nitrogens with zero attached hydrogens (tertiary/aromatic N) is 2. The van der Waals surface area contributed by atoms with Gasteiger partial charge < -0.3 is 10.0 Å². The lowest BCUT2D eigenvalue weighted by molar-refractivity contribution is 0.194. The second-order valence-corrected chi connectivity index (χ2v) is 5.33. The van der Waals surface area contributed by atoms with Gasteiger partial charge in [0, 0.05) is 12.1 Å². The Hall–Kier alpha value is -1.58. The minimum Gasteiger partial charge on any atom is -0.387 e. The van der Waals surface area contributed by atoms with Crippen molar-refractivity contribution in [3.8, 4) is 0 Å². The molecule has 20 heavy (non-hydrogen) atoms. The quantitative estimate of drug-likeness (QED) is 0.925. The molecule has 0 amide bonds. The van der Waals surface area contributed by atoms with Crippen molar-refractivity contribution in [3.05, 3.63) is 58.9 Å². The lowest BCUT2D eigenvalue weighted by Crippen LogP contribution is -2.22. The van der Waals surface area contributed by atoms with Crippen molar-refractivity contribution < 1.29 is 5.11 Å². The molecule has 1 N–H and O–H groups in total. The summed E-state index contributed by atoms with van der Waals surface area (Å²) >= 11 is 6.24. The maximum absolute atomic E-state index is 9.48. The van der Waals surface area contributed by atoms with E-state index in [1.807, 2.05) is 43.4 Å². The molecule has 3 nitrogen and oxygen atoms in total. The molecular formula is C16H19ClN2O. The molecule has 1 unspecified atom stereocenters. The zero-order valence-electron chi connectivity index (χ0n) is 11.9. The van der Waals surface area contributed by atoms with Crippen LogP contribution in [0.25, 0.3) is 0 Å². The summed E-state index contributed by atoms with van der Waals surface area (Å²) < 4.78 is 0. The normalized spacial score (nSPS) is 13.8. The monoisotopic (exact) mass is 290 g/mol. The predicted octanol–water partition coefficient (Wildman–Crippen LogP) is 3.99. The average molecular weight is 291 g/mol. The zero-order chi connectivity index (χ0) is 14.7. The van der Waals surface area contributed by atoms with Gasteiger partial charge in [-0.05, 0) is 37.6 Å². The van der Waals surface area contributed by atoms with E-state index < -0.39 is 6.10 Å². The summed E-state index contributed by atoms with van der Waals surface area (Å²) in [6.45, 7) is 3.81. The molecule has 0 saturated heterocycles. The van der Waals surface area contributed by atoms with E-state index in [4.69, 9.17) is 11.6 Å². The Labute approximate surface area is 124 Å². The fourth-order valence-corrected chi connectivity index (χ4v) is 2.39. The SMILES string of the molecule is CC(c1ccccc1Cl)N(C)c1ccc([C@@H](C)O)nc1. The number of rotatable bonds is 4. The number of hydrogen-bond donors (Lipinski definition) is 1. The molecule has 106 valence electrons. The Balaban J connectivity index is 2.22. The van der Waals surface area contributed by atoms with Crippen molar-refractivity contribution in [2.75, 3.05) is 11.9 Å². The third-order valence-electron chi connectivity index (χ3n) is 3.54. The molecule has 4 heteroatoms. The van der Waals surface area contributed by atoms with Crippen LogP contribution in [-0.4, -0.2) is 17.1 Å². The van der Waals surface area contributed by atoms with Crippen LogP contribution in [0.1, 0.15) is 37.3 Å². The van der Waals surface area contributed by atoms with Gasteiger partial charge in [0.2, 0.25) is 0 Å². The van der Waals surface area contributed by atoms with Gasteiger partial charge in [0.25, 0.3) is 0 Å². The summed E-state index contributed by atoms with van der Waals surface area (Å²) in [7, 11) is 2.01. The number of halogens is 1. The highest BCUT2D eigenvalue weighted by Crippen LogP contribution is 2.29. The predicted molar refractivity (Wildman–Crippen MR) is 83.1 cm³/mol. The second-order valence-electron chi connectivity index (χ2n) is 4.93. The lowest BCUT2D eigenvalue weighted by Gasteiger charge is -2.28. The fraction of sp³-hybridized carbons (Fsp3) is 0.312. The number of benzene rings is 1. The van der Waals surface area contributed by atoms with Crippen LogP contribution in [0.15, 0.2) is 42.6 Å². The standard InChI is InChI=1S/C16H19ClN2O/c1-11(14-6-4-5-7-15(14)17)19(3)13-8-9-16(12(2)20)18-10-13/h4-12,20H,1-3H3/t11?,12-/m1/s1. The van der Waals surface area contributed by atoms with E-state index in [-0.39, 0.29) is 6.04 Å². The van der Waals surface area contributed by atoms with E-state index in [0.717, 1.165) is 16.3 Å². The van der Waals surface area contributed by atoms with Gasteiger partial charge in [-0.2, -0.15) is 0 Å². The second kappa shape index (κ2) is 6.25. The van der Waals surface area contributed by atoms with Gasteiger partial charge in [-0.3, -0.25) is 4.98 Å². The van der Waals surface area contributed by atoms with Crippen molar-refractivity contribution >= 4 is 17.3 Å². The van der Waals surface area contributed by atoms with Gasteiger partial charge in [-0.15, -0.1) is 0 Å². The lowest BCUT2D eigenvalue weighted by atomic mass is 10.1. The Bertz CT molecular complexity index is 569. The first kappa shape index (κ1) is 14.8. The molecule has 2 aromatic rings. The molecule has 2 atom stereocenters. The molecule has 0 saturated carbocycles. The van der Waals surface area contributed by atoms with Gasteiger partial charge in [0.1, 0.15) is 0 Å². The Morgan fingerprint density at radius 2 is 1.85 bits per heavy atom. The van der Waals surface area contributed by atoms with Crippen molar-refractivity contribution in [2.45, 2.75) is 26.0 Å². The van der Waals surface area contributed by atoms with Crippen molar-refractivity contribution in [2.24, 2.45) is 0 Å². The molecule has 1 aromatic heterocycles. The third kappa shape index (κ3) is 3.11. The van der Waals surface area contributed by atoms with Gasteiger partial charge >= 0.3 is 0 Å². The van der Waals surface area contributed by atoms with Gasteiger partial charge in [-0.25, -0.2) is 0 Å². The van der Waals surface area contributed by atoms with Crippen molar-refractivity contribution in [1.29, 1.82) is 0 Å². The Morgan fingerprint density at radius 3 is 2.40 bits per heavy atom. The highest BCUT2D eigenvalue weighted by molar-refractivity contribution is 6.31. The van der Waals surface area contributed by atoms with Crippen LogP contribution in [0.5, 0.6) is 0 Å². The number of hydrogen-bond acceptors (Lipinski definition) is 3. The summed E-state index contributed by atoms with van der Waals surface area (Å²) in [5, 5.41) is 10.2. The van der Waals surface area contributed by atoms with Crippen LogP contribution in [-0.2, 0) is 0 Å². The molecule has 0 aliphatic heterocycles. The molecule has 0 spiro atoms. The van der Waals surface area contributed by atoms with E-state index in [1.165, 1.54) is 0 Å². The van der Waals surface area contributed by atoms with E-state index in [0.29, 0.717) is 5.69 Å². The molecular weight excluding hydrogens is 272 g/mol. The van der Waals surface area contributed by atoms with Crippen LogP contribution < -0.4 is 4.90 Å². The Morgan fingerprint density at radius 1 is 1.15 bits per heavy atom. The van der Waals surface area contributed by atoms with Crippen LogP contribution >= 0.6 is 11.6 Å². The number of aliphatic hydroxyl groups excluding tert-OH is 1. The van der Waals surface area contributed by atoms with Crippen LogP contribution in [0.3, 0.4) is 0 Å². The maximum Gasteiger partial charge on any atom is 0.0931 e. The zero-order valence-corrected chi connectivity index (χ0v) is 12.7. The number of aliphatic hydroxyl groups is 1. The number of pyridine rings is 1. The first-order chi connectivity index (χ1) is 9.50. The largest absolute Gasteiger partial charge is 0.387 e.